The molecule has 0 fully saturated rings. The molecule has 0 aromatic carbocycles. The van der Waals surface area contributed by atoms with E-state index in [2.05, 4.69) is 6.58 Å². The highest BCUT2D eigenvalue weighted by Gasteiger charge is 2.25. The van der Waals surface area contributed by atoms with Crippen molar-refractivity contribution in [1.29, 1.82) is 0 Å². The lowest BCUT2D eigenvalue weighted by Gasteiger charge is -2.25. The molecule has 0 aliphatic carbocycles. The molecule has 0 aromatic heterocycles. The molecule has 0 amide bonds. The maximum atomic E-state index is 11.6. The quantitative estimate of drug-likeness (QED) is 0.547. The zero-order chi connectivity index (χ0) is 12.0. The second-order valence-corrected chi connectivity index (χ2v) is 4.12. The van der Waals surface area contributed by atoms with E-state index in [1.54, 1.807) is 6.92 Å². The van der Waals surface area contributed by atoms with E-state index in [9.17, 15) is 4.79 Å². The number of carbonyl (C=O) groups is 1. The van der Waals surface area contributed by atoms with E-state index in [0.717, 1.165) is 0 Å². The second-order valence-electron chi connectivity index (χ2n) is 3.09. The van der Waals surface area contributed by atoms with Gasteiger partial charge in [0.1, 0.15) is 17.3 Å². The molecule has 1 rings (SSSR count). The minimum atomic E-state index is -0.364. The fourth-order valence-corrected chi connectivity index (χ4v) is 2.10. The highest BCUT2D eigenvalue weighted by Crippen LogP contribution is 2.30. The van der Waals surface area contributed by atoms with Crippen LogP contribution in [-0.4, -0.2) is 31.2 Å². The summed E-state index contributed by atoms with van der Waals surface area (Å²) in [5.74, 6) is 0.796. The third-order valence-corrected chi connectivity index (χ3v) is 3.04. The first-order valence-corrected chi connectivity index (χ1v) is 6.07. The molecular formula is C11H16O4S. The maximum Gasteiger partial charge on any atom is 0.348 e. The smallest absolute Gasteiger partial charge is 0.348 e. The van der Waals surface area contributed by atoms with Crippen molar-refractivity contribution < 1.29 is 19.0 Å². The van der Waals surface area contributed by atoms with Crippen LogP contribution in [-0.2, 0) is 19.0 Å². The molecule has 1 aliphatic heterocycles. The number of allylic oxidation sites excluding steroid dienone is 1. The van der Waals surface area contributed by atoms with E-state index in [1.807, 2.05) is 6.92 Å². The predicted molar refractivity (Wildman–Crippen MR) is 62.8 cm³/mol. The summed E-state index contributed by atoms with van der Waals surface area (Å²) in [6.45, 7) is 7.93. The summed E-state index contributed by atoms with van der Waals surface area (Å²) in [6, 6.07) is 0. The van der Waals surface area contributed by atoms with Gasteiger partial charge in [0.15, 0.2) is 0 Å². The molecule has 0 bridgehead atoms. The Morgan fingerprint density at radius 3 is 3.06 bits per heavy atom. The van der Waals surface area contributed by atoms with Gasteiger partial charge < -0.3 is 14.2 Å². The molecule has 4 nitrogen and oxygen atoms in total. The minimum Gasteiger partial charge on any atom is -0.467 e. The summed E-state index contributed by atoms with van der Waals surface area (Å²) in [5, 5.41) is 0. The Hall–Kier alpha value is -0.940. The standard InChI is InChI=1S/C11H16O4S/c1-4-6-14-11(12)10-8(3)15-9(7-16-10)13-5-2/h4,9H,1,5-7H2,2-3H3. The Morgan fingerprint density at radius 1 is 1.75 bits per heavy atom. The van der Waals surface area contributed by atoms with Crippen LogP contribution < -0.4 is 0 Å². The van der Waals surface area contributed by atoms with E-state index in [-0.39, 0.29) is 18.9 Å². The lowest BCUT2D eigenvalue weighted by Crippen LogP contribution is -2.25. The molecule has 90 valence electrons. The topological polar surface area (TPSA) is 44.8 Å². The highest BCUT2D eigenvalue weighted by molar-refractivity contribution is 8.04. The Morgan fingerprint density at radius 2 is 2.50 bits per heavy atom. The van der Waals surface area contributed by atoms with Crippen molar-refractivity contribution in [2.45, 2.75) is 20.1 Å². The average Bonchev–Trinajstić information content (AvgIpc) is 2.26. The van der Waals surface area contributed by atoms with Crippen LogP contribution in [0.2, 0.25) is 0 Å². The Labute approximate surface area is 99.6 Å². The van der Waals surface area contributed by atoms with Gasteiger partial charge in [-0.25, -0.2) is 4.79 Å². The molecule has 16 heavy (non-hydrogen) atoms. The van der Waals surface area contributed by atoms with Crippen LogP contribution in [0.5, 0.6) is 0 Å². The van der Waals surface area contributed by atoms with Crippen LogP contribution in [0.15, 0.2) is 23.3 Å². The third-order valence-electron chi connectivity index (χ3n) is 1.86. The Bertz CT molecular complexity index is 298. The van der Waals surface area contributed by atoms with Crippen LogP contribution in [0.4, 0.5) is 0 Å². The summed E-state index contributed by atoms with van der Waals surface area (Å²) >= 11 is 1.40. The van der Waals surface area contributed by atoms with E-state index in [1.165, 1.54) is 17.8 Å². The number of ether oxygens (including phenoxy) is 3. The van der Waals surface area contributed by atoms with Crippen molar-refractivity contribution in [2.75, 3.05) is 19.0 Å². The zero-order valence-corrected chi connectivity index (χ0v) is 10.3. The van der Waals surface area contributed by atoms with Gasteiger partial charge in [0.2, 0.25) is 6.29 Å². The molecule has 0 saturated heterocycles. The molecule has 0 aromatic rings. The monoisotopic (exact) mass is 244 g/mol. The molecule has 1 atom stereocenters. The number of esters is 1. The van der Waals surface area contributed by atoms with Crippen molar-refractivity contribution >= 4 is 17.7 Å². The van der Waals surface area contributed by atoms with E-state index in [0.29, 0.717) is 23.0 Å². The highest BCUT2D eigenvalue weighted by atomic mass is 32.2. The van der Waals surface area contributed by atoms with Crippen molar-refractivity contribution in [3.63, 3.8) is 0 Å². The Balaban J connectivity index is 2.57. The van der Waals surface area contributed by atoms with Gasteiger partial charge in [-0.05, 0) is 13.8 Å². The van der Waals surface area contributed by atoms with Gasteiger partial charge in [-0.2, -0.15) is 0 Å². The number of carbonyl (C=O) groups excluding carboxylic acids is 1. The summed E-state index contributed by atoms with van der Waals surface area (Å²) in [5.41, 5.74) is 0. The normalized spacial score (nSPS) is 20.2. The summed E-state index contributed by atoms with van der Waals surface area (Å²) in [4.78, 5) is 12.1. The van der Waals surface area contributed by atoms with Crippen LogP contribution in [0, 0.1) is 0 Å². The SMILES string of the molecule is C=CCOC(=O)C1=C(C)OC(OCC)CS1. The first-order chi connectivity index (χ1) is 7.69. The fourth-order valence-electron chi connectivity index (χ4n) is 1.21. The molecule has 1 unspecified atom stereocenters. The molecule has 0 radical (unpaired) electrons. The first kappa shape index (κ1) is 13.1. The second kappa shape index (κ2) is 6.60. The molecular weight excluding hydrogens is 228 g/mol. The minimum absolute atomic E-state index is 0.213. The lowest BCUT2D eigenvalue weighted by molar-refractivity contribution is -0.138. The van der Waals surface area contributed by atoms with Crippen molar-refractivity contribution in [3.8, 4) is 0 Å². The summed E-state index contributed by atoms with van der Waals surface area (Å²) in [6.07, 6.45) is 1.26. The summed E-state index contributed by atoms with van der Waals surface area (Å²) < 4.78 is 15.7. The molecule has 0 spiro atoms. The van der Waals surface area contributed by atoms with Crippen molar-refractivity contribution in [3.05, 3.63) is 23.3 Å². The molecule has 0 N–H and O–H groups in total. The van der Waals surface area contributed by atoms with Crippen LogP contribution in [0.25, 0.3) is 0 Å². The van der Waals surface area contributed by atoms with Crippen molar-refractivity contribution in [2.24, 2.45) is 0 Å². The first-order valence-electron chi connectivity index (χ1n) is 5.09. The third kappa shape index (κ3) is 3.57. The van der Waals surface area contributed by atoms with Gasteiger partial charge in [0.25, 0.3) is 0 Å². The van der Waals surface area contributed by atoms with Crippen LogP contribution in [0.3, 0.4) is 0 Å². The molecule has 0 saturated carbocycles. The zero-order valence-electron chi connectivity index (χ0n) is 9.52. The van der Waals surface area contributed by atoms with Gasteiger partial charge in [0.05, 0.1) is 5.75 Å². The van der Waals surface area contributed by atoms with Gasteiger partial charge >= 0.3 is 5.97 Å². The largest absolute Gasteiger partial charge is 0.467 e. The average molecular weight is 244 g/mol. The Kier molecular flexibility index (Phi) is 5.42. The number of hydrogen-bond donors (Lipinski definition) is 0. The lowest BCUT2D eigenvalue weighted by atomic mass is 10.4. The van der Waals surface area contributed by atoms with Crippen molar-refractivity contribution in [1.82, 2.24) is 0 Å². The van der Waals surface area contributed by atoms with Gasteiger partial charge in [-0.1, -0.05) is 12.7 Å². The van der Waals surface area contributed by atoms with Gasteiger partial charge in [-0.3, -0.25) is 0 Å². The fraction of sp³-hybridized carbons (Fsp3) is 0.545. The number of thioether (sulfide) groups is 1. The molecule has 5 heteroatoms. The van der Waals surface area contributed by atoms with Gasteiger partial charge in [0, 0.05) is 6.61 Å². The van der Waals surface area contributed by atoms with Crippen LogP contribution >= 0.6 is 11.8 Å². The molecule has 1 heterocycles. The van der Waals surface area contributed by atoms with E-state index >= 15 is 0 Å². The number of hydrogen-bond acceptors (Lipinski definition) is 5. The summed E-state index contributed by atoms with van der Waals surface area (Å²) in [7, 11) is 0. The van der Waals surface area contributed by atoms with E-state index < -0.39 is 0 Å². The number of rotatable bonds is 5. The maximum absolute atomic E-state index is 11.6. The van der Waals surface area contributed by atoms with Gasteiger partial charge in [-0.15, -0.1) is 11.8 Å². The van der Waals surface area contributed by atoms with Crippen LogP contribution in [0.1, 0.15) is 13.8 Å². The molecule has 1 aliphatic rings. The van der Waals surface area contributed by atoms with E-state index in [4.69, 9.17) is 14.2 Å². The predicted octanol–water partition coefficient (Wildman–Crippen LogP) is 2.07.